The summed E-state index contributed by atoms with van der Waals surface area (Å²) < 4.78 is 28.5. The van der Waals surface area contributed by atoms with Crippen LogP contribution in [0.5, 0.6) is 0 Å². The van der Waals surface area contributed by atoms with Crippen molar-refractivity contribution in [1.29, 1.82) is 0 Å². The van der Waals surface area contributed by atoms with Crippen LogP contribution < -0.4 is 0 Å². The van der Waals surface area contributed by atoms with Gasteiger partial charge in [0.2, 0.25) is 5.91 Å². The predicted octanol–water partition coefficient (Wildman–Crippen LogP) is 1.19. The molecule has 2 unspecified atom stereocenters. The van der Waals surface area contributed by atoms with Crippen LogP contribution in [0.4, 0.5) is 0 Å². The summed E-state index contributed by atoms with van der Waals surface area (Å²) in [5.41, 5.74) is -0.845. The van der Waals surface area contributed by atoms with Gasteiger partial charge in [-0.25, -0.2) is 8.42 Å². The van der Waals surface area contributed by atoms with Gasteiger partial charge >= 0.3 is 0 Å². The molecule has 2 aliphatic rings. The molecule has 2 rings (SSSR count). The van der Waals surface area contributed by atoms with Gasteiger partial charge in [-0.3, -0.25) is 4.79 Å². The van der Waals surface area contributed by atoms with Crippen LogP contribution in [-0.2, 0) is 19.4 Å². The highest BCUT2D eigenvalue weighted by atomic mass is 32.2. The van der Waals surface area contributed by atoms with Crippen molar-refractivity contribution in [3.63, 3.8) is 0 Å². The van der Waals surface area contributed by atoms with E-state index in [1.807, 2.05) is 4.90 Å². The zero-order valence-electron chi connectivity index (χ0n) is 13.6. The first kappa shape index (κ1) is 16.7. The molecular weight excluding hydrogens is 290 g/mol. The van der Waals surface area contributed by atoms with Crippen LogP contribution in [0.3, 0.4) is 0 Å². The van der Waals surface area contributed by atoms with Gasteiger partial charge in [0, 0.05) is 18.8 Å². The molecule has 0 aliphatic carbocycles. The Balaban J connectivity index is 2.16. The van der Waals surface area contributed by atoms with E-state index in [2.05, 4.69) is 27.7 Å². The van der Waals surface area contributed by atoms with E-state index in [0.717, 1.165) is 6.54 Å². The van der Waals surface area contributed by atoms with E-state index in [1.165, 1.54) is 6.26 Å². The molecule has 122 valence electrons. The van der Waals surface area contributed by atoms with Gasteiger partial charge in [0.05, 0.1) is 19.0 Å². The van der Waals surface area contributed by atoms with Crippen LogP contribution in [0.2, 0.25) is 0 Å². The fourth-order valence-electron chi connectivity index (χ4n) is 3.65. The summed E-state index contributed by atoms with van der Waals surface area (Å²) in [6.45, 7) is 9.81. The number of ether oxygens (including phenoxy) is 1. The van der Waals surface area contributed by atoms with Crippen molar-refractivity contribution in [2.24, 2.45) is 23.2 Å². The average Bonchev–Trinajstić information content (AvgIpc) is 2.18. The summed E-state index contributed by atoms with van der Waals surface area (Å²) in [7, 11) is -3.20. The first-order valence-electron chi connectivity index (χ1n) is 7.64. The molecule has 0 aromatic heterocycles. The molecule has 1 amide bonds. The molecule has 2 atom stereocenters. The highest BCUT2D eigenvalue weighted by molar-refractivity contribution is 7.90. The third-order valence-corrected chi connectivity index (χ3v) is 5.83. The molecule has 2 fully saturated rings. The van der Waals surface area contributed by atoms with Gasteiger partial charge in [0.1, 0.15) is 15.3 Å². The summed E-state index contributed by atoms with van der Waals surface area (Å²) in [5, 5.41) is 0. The SMILES string of the molecule is CC(C)C1CN(C(=O)C2(CS(C)(=O)=O)COC2)C1C(C)C. The number of rotatable bonds is 5. The summed E-state index contributed by atoms with van der Waals surface area (Å²) in [6, 6.07) is 0.217. The van der Waals surface area contributed by atoms with Gasteiger partial charge in [0.25, 0.3) is 0 Å². The largest absolute Gasteiger partial charge is 0.379 e. The van der Waals surface area contributed by atoms with E-state index in [4.69, 9.17) is 4.74 Å². The second kappa shape index (κ2) is 5.54. The number of hydrogen-bond donors (Lipinski definition) is 0. The molecule has 2 aliphatic heterocycles. The highest BCUT2D eigenvalue weighted by Crippen LogP contribution is 2.41. The maximum Gasteiger partial charge on any atom is 0.234 e. The zero-order valence-corrected chi connectivity index (χ0v) is 14.4. The number of carbonyl (C=O) groups is 1. The molecule has 2 saturated heterocycles. The Morgan fingerprint density at radius 2 is 1.81 bits per heavy atom. The molecule has 0 N–H and O–H groups in total. The Morgan fingerprint density at radius 3 is 2.14 bits per heavy atom. The van der Waals surface area contributed by atoms with E-state index in [9.17, 15) is 13.2 Å². The van der Waals surface area contributed by atoms with Crippen LogP contribution in [0, 0.1) is 23.2 Å². The van der Waals surface area contributed by atoms with Crippen LogP contribution in [0.15, 0.2) is 0 Å². The lowest BCUT2D eigenvalue weighted by molar-refractivity contribution is -0.184. The van der Waals surface area contributed by atoms with Crippen LogP contribution in [0.1, 0.15) is 27.7 Å². The standard InChI is InChI=1S/C15H27NO4S/c1-10(2)12-6-16(13(12)11(3)4)14(17)15(7-20-8-15)9-21(5,18)19/h10-13H,6-9H2,1-5H3. The van der Waals surface area contributed by atoms with Crippen molar-refractivity contribution in [1.82, 2.24) is 4.90 Å². The topological polar surface area (TPSA) is 63.7 Å². The number of hydrogen-bond acceptors (Lipinski definition) is 4. The monoisotopic (exact) mass is 317 g/mol. The van der Waals surface area contributed by atoms with Gasteiger partial charge in [-0.05, 0) is 17.8 Å². The number of sulfone groups is 1. The smallest absolute Gasteiger partial charge is 0.234 e. The van der Waals surface area contributed by atoms with Crippen molar-refractivity contribution in [3.8, 4) is 0 Å². The van der Waals surface area contributed by atoms with Gasteiger partial charge in [0.15, 0.2) is 0 Å². The summed E-state index contributed by atoms with van der Waals surface area (Å²) in [4.78, 5) is 14.8. The molecule has 21 heavy (non-hydrogen) atoms. The van der Waals surface area contributed by atoms with Gasteiger partial charge in [-0.2, -0.15) is 0 Å². The molecule has 0 radical (unpaired) electrons. The average molecular weight is 317 g/mol. The van der Waals surface area contributed by atoms with Crippen molar-refractivity contribution in [2.75, 3.05) is 31.8 Å². The molecule has 0 aromatic rings. The fraction of sp³-hybridized carbons (Fsp3) is 0.933. The molecule has 6 heteroatoms. The number of nitrogens with zero attached hydrogens (tertiary/aromatic N) is 1. The van der Waals surface area contributed by atoms with Crippen LogP contribution >= 0.6 is 0 Å². The molecule has 0 bridgehead atoms. The number of carbonyl (C=O) groups excluding carboxylic acids is 1. The molecule has 0 aromatic carbocycles. The predicted molar refractivity (Wildman–Crippen MR) is 81.6 cm³/mol. The normalized spacial score (nSPS) is 28.4. The van der Waals surface area contributed by atoms with E-state index >= 15 is 0 Å². The number of amides is 1. The minimum absolute atomic E-state index is 0.0326. The molecule has 0 saturated carbocycles. The summed E-state index contributed by atoms with van der Waals surface area (Å²) in [6.07, 6.45) is 1.19. The Hall–Kier alpha value is -0.620. The third kappa shape index (κ3) is 3.11. The van der Waals surface area contributed by atoms with Crippen molar-refractivity contribution >= 4 is 15.7 Å². The lowest BCUT2D eigenvalue weighted by Gasteiger charge is -2.56. The van der Waals surface area contributed by atoms with Crippen LogP contribution in [-0.4, -0.2) is 57.0 Å². The lowest BCUT2D eigenvalue weighted by atomic mass is 9.72. The van der Waals surface area contributed by atoms with Crippen LogP contribution in [0.25, 0.3) is 0 Å². The Labute approximate surface area is 127 Å². The van der Waals surface area contributed by atoms with Gasteiger partial charge in [-0.1, -0.05) is 27.7 Å². The maximum atomic E-state index is 12.9. The first-order valence-corrected chi connectivity index (χ1v) is 9.70. The molecule has 2 heterocycles. The minimum atomic E-state index is -3.20. The Bertz CT molecular complexity index is 508. The first-order chi connectivity index (χ1) is 9.57. The Kier molecular flexibility index (Phi) is 4.42. The van der Waals surface area contributed by atoms with Crippen molar-refractivity contribution in [3.05, 3.63) is 0 Å². The number of likely N-dealkylation sites (tertiary alicyclic amines) is 1. The lowest BCUT2D eigenvalue weighted by Crippen LogP contribution is -2.69. The second-order valence-electron chi connectivity index (χ2n) is 7.44. The molecular formula is C15H27NO4S. The van der Waals surface area contributed by atoms with E-state index in [0.29, 0.717) is 17.8 Å². The quantitative estimate of drug-likeness (QED) is 0.764. The zero-order chi connectivity index (χ0) is 16.0. The third-order valence-electron chi connectivity index (χ3n) is 4.76. The van der Waals surface area contributed by atoms with E-state index in [1.54, 1.807) is 0 Å². The molecule has 5 nitrogen and oxygen atoms in total. The molecule has 0 spiro atoms. The summed E-state index contributed by atoms with van der Waals surface area (Å²) in [5.74, 6) is 1.28. The van der Waals surface area contributed by atoms with Crippen molar-refractivity contribution < 1.29 is 17.9 Å². The van der Waals surface area contributed by atoms with Gasteiger partial charge in [-0.15, -0.1) is 0 Å². The van der Waals surface area contributed by atoms with Crippen molar-refractivity contribution in [2.45, 2.75) is 33.7 Å². The maximum absolute atomic E-state index is 12.9. The van der Waals surface area contributed by atoms with Gasteiger partial charge < -0.3 is 9.64 Å². The summed E-state index contributed by atoms with van der Waals surface area (Å²) >= 11 is 0. The minimum Gasteiger partial charge on any atom is -0.379 e. The van der Waals surface area contributed by atoms with E-state index < -0.39 is 15.3 Å². The highest BCUT2D eigenvalue weighted by Gasteiger charge is 2.55. The van der Waals surface area contributed by atoms with E-state index in [-0.39, 0.29) is 30.9 Å². The second-order valence-corrected chi connectivity index (χ2v) is 9.58. The fourth-order valence-corrected chi connectivity index (χ4v) is 4.95. The Morgan fingerprint density at radius 1 is 1.24 bits per heavy atom.